The summed E-state index contributed by atoms with van der Waals surface area (Å²) in [6.45, 7) is 3.89. The standard InChI is InChI=1S/C16H18ClNO2/c1-2-20-14-7-3-5-12(9-14)10-18-11-13-6-4-8-15(17)16(13)19/h3-9,18-19H,2,10-11H2,1H3. The van der Waals surface area contributed by atoms with Crippen LogP contribution in [0.4, 0.5) is 0 Å². The number of phenols is 1. The normalized spacial score (nSPS) is 10.5. The predicted octanol–water partition coefficient (Wildman–Crippen LogP) is 3.73. The Kier molecular flexibility index (Phi) is 5.27. The summed E-state index contributed by atoms with van der Waals surface area (Å²) < 4.78 is 5.46. The highest BCUT2D eigenvalue weighted by Crippen LogP contribution is 2.26. The Morgan fingerprint density at radius 1 is 1.15 bits per heavy atom. The van der Waals surface area contributed by atoms with Crippen LogP contribution in [0.3, 0.4) is 0 Å². The second-order valence-corrected chi connectivity index (χ2v) is 4.84. The van der Waals surface area contributed by atoms with Crippen molar-refractivity contribution in [2.24, 2.45) is 0 Å². The van der Waals surface area contributed by atoms with E-state index in [1.165, 1.54) is 0 Å². The van der Waals surface area contributed by atoms with Gasteiger partial charge in [0.15, 0.2) is 0 Å². The van der Waals surface area contributed by atoms with Crippen LogP contribution in [0.5, 0.6) is 11.5 Å². The van der Waals surface area contributed by atoms with Crippen molar-refractivity contribution >= 4 is 11.6 Å². The van der Waals surface area contributed by atoms with Crippen LogP contribution in [-0.4, -0.2) is 11.7 Å². The Morgan fingerprint density at radius 2 is 1.95 bits per heavy atom. The number of ether oxygens (including phenoxy) is 1. The molecule has 0 atom stereocenters. The maximum atomic E-state index is 9.82. The summed E-state index contributed by atoms with van der Waals surface area (Å²) >= 11 is 5.87. The van der Waals surface area contributed by atoms with Crippen molar-refractivity contribution in [3.05, 3.63) is 58.6 Å². The first kappa shape index (κ1) is 14.7. The minimum absolute atomic E-state index is 0.143. The average Bonchev–Trinajstić information content (AvgIpc) is 2.44. The molecule has 0 bridgehead atoms. The van der Waals surface area contributed by atoms with E-state index in [1.54, 1.807) is 6.07 Å². The van der Waals surface area contributed by atoms with E-state index in [0.29, 0.717) is 24.7 Å². The molecule has 0 aromatic heterocycles. The van der Waals surface area contributed by atoms with Crippen LogP contribution in [-0.2, 0) is 13.1 Å². The molecule has 2 N–H and O–H groups in total. The highest BCUT2D eigenvalue weighted by Gasteiger charge is 2.04. The molecule has 0 saturated carbocycles. The zero-order valence-electron chi connectivity index (χ0n) is 11.4. The fourth-order valence-electron chi connectivity index (χ4n) is 1.96. The third kappa shape index (κ3) is 3.89. The SMILES string of the molecule is CCOc1cccc(CNCc2cccc(Cl)c2O)c1. The van der Waals surface area contributed by atoms with Crippen LogP contribution in [0, 0.1) is 0 Å². The number of phenolic OH excluding ortho intramolecular Hbond substituents is 1. The molecule has 0 aliphatic rings. The van der Waals surface area contributed by atoms with E-state index in [0.717, 1.165) is 16.9 Å². The van der Waals surface area contributed by atoms with Gasteiger partial charge in [-0.1, -0.05) is 35.9 Å². The van der Waals surface area contributed by atoms with Gasteiger partial charge in [-0.2, -0.15) is 0 Å². The number of aromatic hydroxyl groups is 1. The minimum atomic E-state index is 0.143. The molecular formula is C16H18ClNO2. The Morgan fingerprint density at radius 3 is 2.75 bits per heavy atom. The summed E-state index contributed by atoms with van der Waals surface area (Å²) in [6, 6.07) is 13.3. The van der Waals surface area contributed by atoms with Crippen molar-refractivity contribution in [2.45, 2.75) is 20.0 Å². The third-order valence-electron chi connectivity index (χ3n) is 2.92. The first-order valence-electron chi connectivity index (χ1n) is 6.59. The zero-order chi connectivity index (χ0) is 14.4. The number of para-hydroxylation sites is 1. The van der Waals surface area contributed by atoms with Gasteiger partial charge in [0.25, 0.3) is 0 Å². The highest BCUT2D eigenvalue weighted by molar-refractivity contribution is 6.32. The van der Waals surface area contributed by atoms with Gasteiger partial charge in [-0.05, 0) is 30.7 Å². The van der Waals surface area contributed by atoms with Gasteiger partial charge in [-0.15, -0.1) is 0 Å². The Bertz CT molecular complexity index is 572. The smallest absolute Gasteiger partial charge is 0.138 e. The van der Waals surface area contributed by atoms with Crippen LogP contribution >= 0.6 is 11.6 Å². The van der Waals surface area contributed by atoms with Gasteiger partial charge in [0.1, 0.15) is 11.5 Å². The van der Waals surface area contributed by atoms with Crippen LogP contribution in [0.2, 0.25) is 5.02 Å². The van der Waals surface area contributed by atoms with Gasteiger partial charge < -0.3 is 15.2 Å². The lowest BCUT2D eigenvalue weighted by atomic mass is 10.2. The maximum Gasteiger partial charge on any atom is 0.138 e. The van der Waals surface area contributed by atoms with Crippen molar-refractivity contribution in [3.8, 4) is 11.5 Å². The van der Waals surface area contributed by atoms with Crippen LogP contribution in [0.15, 0.2) is 42.5 Å². The molecule has 106 valence electrons. The molecule has 2 aromatic rings. The van der Waals surface area contributed by atoms with Crippen molar-refractivity contribution in [2.75, 3.05) is 6.61 Å². The lowest BCUT2D eigenvalue weighted by Crippen LogP contribution is -2.12. The van der Waals surface area contributed by atoms with Crippen molar-refractivity contribution in [3.63, 3.8) is 0 Å². The lowest BCUT2D eigenvalue weighted by molar-refractivity contribution is 0.340. The monoisotopic (exact) mass is 291 g/mol. The van der Waals surface area contributed by atoms with E-state index < -0.39 is 0 Å². The van der Waals surface area contributed by atoms with E-state index in [-0.39, 0.29) is 5.75 Å². The largest absolute Gasteiger partial charge is 0.506 e. The summed E-state index contributed by atoms with van der Waals surface area (Å²) in [5.74, 6) is 1.02. The lowest BCUT2D eigenvalue weighted by Gasteiger charge is -2.09. The Hall–Kier alpha value is -1.71. The zero-order valence-corrected chi connectivity index (χ0v) is 12.2. The molecule has 2 aromatic carbocycles. The number of hydrogen-bond acceptors (Lipinski definition) is 3. The van der Waals surface area contributed by atoms with Crippen LogP contribution in [0.25, 0.3) is 0 Å². The third-order valence-corrected chi connectivity index (χ3v) is 3.23. The van der Waals surface area contributed by atoms with Crippen LogP contribution < -0.4 is 10.1 Å². The average molecular weight is 292 g/mol. The number of halogens is 1. The summed E-state index contributed by atoms with van der Waals surface area (Å²) in [4.78, 5) is 0. The Labute approximate surface area is 124 Å². The molecule has 0 aliphatic carbocycles. The van der Waals surface area contributed by atoms with E-state index in [4.69, 9.17) is 16.3 Å². The van der Waals surface area contributed by atoms with E-state index >= 15 is 0 Å². The molecule has 0 amide bonds. The van der Waals surface area contributed by atoms with Crippen LogP contribution in [0.1, 0.15) is 18.1 Å². The molecule has 0 heterocycles. The molecule has 4 heteroatoms. The molecule has 20 heavy (non-hydrogen) atoms. The predicted molar refractivity (Wildman–Crippen MR) is 81.3 cm³/mol. The van der Waals surface area contributed by atoms with Gasteiger partial charge >= 0.3 is 0 Å². The molecule has 0 spiro atoms. The van der Waals surface area contributed by atoms with Gasteiger partial charge in [0.05, 0.1) is 11.6 Å². The molecular weight excluding hydrogens is 274 g/mol. The molecule has 0 saturated heterocycles. The van der Waals surface area contributed by atoms with Gasteiger partial charge in [0.2, 0.25) is 0 Å². The van der Waals surface area contributed by atoms with E-state index in [9.17, 15) is 5.11 Å². The van der Waals surface area contributed by atoms with Gasteiger partial charge in [0, 0.05) is 18.7 Å². The summed E-state index contributed by atoms with van der Waals surface area (Å²) in [6.07, 6.45) is 0. The number of rotatable bonds is 6. The molecule has 0 fully saturated rings. The first-order valence-corrected chi connectivity index (χ1v) is 6.97. The number of benzene rings is 2. The van der Waals surface area contributed by atoms with Crippen molar-refractivity contribution in [1.82, 2.24) is 5.32 Å². The van der Waals surface area contributed by atoms with Crippen molar-refractivity contribution < 1.29 is 9.84 Å². The van der Waals surface area contributed by atoms with E-state index in [2.05, 4.69) is 5.32 Å². The van der Waals surface area contributed by atoms with Crippen molar-refractivity contribution in [1.29, 1.82) is 0 Å². The maximum absolute atomic E-state index is 9.82. The minimum Gasteiger partial charge on any atom is -0.506 e. The topological polar surface area (TPSA) is 41.5 Å². The molecule has 3 nitrogen and oxygen atoms in total. The second kappa shape index (κ2) is 7.17. The number of hydrogen-bond donors (Lipinski definition) is 2. The summed E-state index contributed by atoms with van der Waals surface area (Å²) in [7, 11) is 0. The second-order valence-electron chi connectivity index (χ2n) is 4.43. The summed E-state index contributed by atoms with van der Waals surface area (Å²) in [5, 5.41) is 13.5. The number of nitrogens with one attached hydrogen (secondary N) is 1. The highest BCUT2D eigenvalue weighted by atomic mass is 35.5. The first-order chi connectivity index (χ1) is 9.70. The molecule has 0 aliphatic heterocycles. The van der Waals surface area contributed by atoms with E-state index in [1.807, 2.05) is 43.3 Å². The molecule has 0 unspecified atom stereocenters. The summed E-state index contributed by atoms with van der Waals surface area (Å²) in [5.41, 5.74) is 1.93. The fraction of sp³-hybridized carbons (Fsp3) is 0.250. The van der Waals surface area contributed by atoms with Gasteiger partial charge in [-0.3, -0.25) is 0 Å². The fourth-order valence-corrected chi connectivity index (χ4v) is 2.15. The molecule has 0 radical (unpaired) electrons. The Balaban J connectivity index is 1.92. The van der Waals surface area contributed by atoms with Gasteiger partial charge in [-0.25, -0.2) is 0 Å². The molecule has 2 rings (SSSR count). The quantitative estimate of drug-likeness (QED) is 0.852.